The second-order valence-corrected chi connectivity index (χ2v) is 5.38. The topological polar surface area (TPSA) is 85.8 Å². The maximum atomic E-state index is 12.1. The lowest BCUT2D eigenvalue weighted by atomic mass is 10.1. The summed E-state index contributed by atoms with van der Waals surface area (Å²) in [6.45, 7) is 3.80. The lowest BCUT2D eigenvalue weighted by Gasteiger charge is -2.23. The van der Waals surface area contributed by atoms with Gasteiger partial charge in [0.1, 0.15) is 16.4 Å². The fraction of sp³-hybridized carbons (Fsp3) is 0.364. The number of hydrogen-bond donors (Lipinski definition) is 2. The Balaban J connectivity index is 2.20. The number of anilines is 1. The van der Waals surface area contributed by atoms with Gasteiger partial charge in [0, 0.05) is 18.6 Å². The van der Waals surface area contributed by atoms with E-state index in [1.54, 1.807) is 13.2 Å². The van der Waals surface area contributed by atoms with Crippen LogP contribution in [0, 0.1) is 0 Å². The third kappa shape index (κ3) is 2.21. The highest BCUT2D eigenvalue weighted by Crippen LogP contribution is 2.23. The Hall–Kier alpha value is -1.89. The van der Waals surface area contributed by atoms with Gasteiger partial charge in [0.25, 0.3) is 5.91 Å². The van der Waals surface area contributed by atoms with E-state index < -0.39 is 5.54 Å². The van der Waals surface area contributed by atoms with Crippen LogP contribution in [0.5, 0.6) is 0 Å². The van der Waals surface area contributed by atoms with E-state index in [1.807, 2.05) is 19.2 Å². The summed E-state index contributed by atoms with van der Waals surface area (Å²) in [5.74, 6) is 0.100. The van der Waals surface area contributed by atoms with Crippen LogP contribution in [0.25, 0.3) is 0 Å². The predicted octanol–water partition coefficient (Wildman–Crippen LogP) is 1.12. The molecule has 0 unspecified atom stereocenters. The van der Waals surface area contributed by atoms with Crippen LogP contribution in [0.2, 0.25) is 0 Å². The molecular formula is C11H15N5OS. The maximum absolute atomic E-state index is 12.1. The fourth-order valence-electron chi connectivity index (χ4n) is 1.56. The SMILES string of the molecule is Cn1ncc(C(=O)NC(C)(C)c2nccs2)c1N. The Kier molecular flexibility index (Phi) is 3.08. The van der Waals surface area contributed by atoms with Crippen LogP contribution >= 0.6 is 11.3 Å². The van der Waals surface area contributed by atoms with Crippen molar-refractivity contribution in [1.82, 2.24) is 20.1 Å². The number of aryl methyl sites for hydroxylation is 1. The molecule has 0 atom stereocenters. The number of hydrogen-bond acceptors (Lipinski definition) is 5. The molecule has 2 aromatic rings. The molecule has 0 saturated heterocycles. The molecule has 0 saturated carbocycles. The molecule has 2 aromatic heterocycles. The van der Waals surface area contributed by atoms with E-state index in [0.717, 1.165) is 5.01 Å². The normalized spacial score (nSPS) is 11.5. The van der Waals surface area contributed by atoms with Crippen LogP contribution in [0.4, 0.5) is 5.82 Å². The third-order valence-electron chi connectivity index (χ3n) is 2.62. The Morgan fingerprint density at radius 3 is 2.78 bits per heavy atom. The highest BCUT2D eigenvalue weighted by Gasteiger charge is 2.27. The number of carbonyl (C=O) groups excluding carboxylic acids is 1. The Morgan fingerprint density at radius 1 is 1.56 bits per heavy atom. The lowest BCUT2D eigenvalue weighted by Crippen LogP contribution is -2.41. The number of amides is 1. The van der Waals surface area contributed by atoms with Crippen molar-refractivity contribution in [3.05, 3.63) is 28.3 Å². The number of nitrogens with one attached hydrogen (secondary N) is 1. The molecule has 0 aliphatic heterocycles. The summed E-state index contributed by atoms with van der Waals surface area (Å²) >= 11 is 1.50. The minimum atomic E-state index is -0.534. The monoisotopic (exact) mass is 265 g/mol. The van der Waals surface area contributed by atoms with Gasteiger partial charge in [-0.2, -0.15) is 5.10 Å². The van der Waals surface area contributed by atoms with Crippen molar-refractivity contribution < 1.29 is 4.79 Å². The minimum absolute atomic E-state index is 0.249. The van der Waals surface area contributed by atoms with Crippen molar-refractivity contribution in [2.75, 3.05) is 5.73 Å². The minimum Gasteiger partial charge on any atom is -0.383 e. The Morgan fingerprint density at radius 2 is 2.28 bits per heavy atom. The molecule has 0 fully saturated rings. The van der Waals surface area contributed by atoms with Crippen LogP contribution in [0.1, 0.15) is 29.2 Å². The fourth-order valence-corrected chi connectivity index (χ4v) is 2.28. The zero-order valence-electron chi connectivity index (χ0n) is 10.5. The highest BCUT2D eigenvalue weighted by atomic mass is 32.1. The van der Waals surface area contributed by atoms with Gasteiger partial charge in [-0.3, -0.25) is 9.48 Å². The average molecular weight is 265 g/mol. The molecular weight excluding hydrogens is 250 g/mol. The predicted molar refractivity (Wildman–Crippen MR) is 70.2 cm³/mol. The molecule has 96 valence electrons. The Labute approximate surface area is 109 Å². The lowest BCUT2D eigenvalue weighted by molar-refractivity contribution is 0.0913. The van der Waals surface area contributed by atoms with E-state index in [4.69, 9.17) is 5.73 Å². The van der Waals surface area contributed by atoms with Crippen molar-refractivity contribution in [3.63, 3.8) is 0 Å². The molecule has 7 heteroatoms. The van der Waals surface area contributed by atoms with Crippen LogP contribution in [0.3, 0.4) is 0 Å². The van der Waals surface area contributed by atoms with Gasteiger partial charge in [-0.25, -0.2) is 4.98 Å². The second kappa shape index (κ2) is 4.41. The van der Waals surface area contributed by atoms with E-state index in [2.05, 4.69) is 15.4 Å². The van der Waals surface area contributed by atoms with Crippen molar-refractivity contribution in [2.24, 2.45) is 7.05 Å². The number of carbonyl (C=O) groups is 1. The van der Waals surface area contributed by atoms with Crippen LogP contribution in [0.15, 0.2) is 17.8 Å². The first kappa shape index (κ1) is 12.6. The molecule has 3 N–H and O–H groups in total. The standard InChI is InChI=1S/C11H15N5OS/c1-11(2,10-13-4-5-18-10)15-9(17)7-6-14-16(3)8(7)12/h4-6H,12H2,1-3H3,(H,15,17). The van der Waals surface area contributed by atoms with Gasteiger partial charge in [-0.05, 0) is 13.8 Å². The van der Waals surface area contributed by atoms with Crippen molar-refractivity contribution in [1.29, 1.82) is 0 Å². The molecule has 0 aliphatic rings. The zero-order chi connectivity index (χ0) is 13.3. The van der Waals surface area contributed by atoms with Crippen LogP contribution in [-0.4, -0.2) is 20.7 Å². The molecule has 0 spiro atoms. The molecule has 0 bridgehead atoms. The summed E-state index contributed by atoms with van der Waals surface area (Å²) < 4.78 is 1.46. The quantitative estimate of drug-likeness (QED) is 0.871. The summed E-state index contributed by atoms with van der Waals surface area (Å²) in [6, 6.07) is 0. The largest absolute Gasteiger partial charge is 0.383 e. The number of thiazole rings is 1. The van der Waals surface area contributed by atoms with Crippen LogP contribution < -0.4 is 11.1 Å². The smallest absolute Gasteiger partial charge is 0.257 e. The maximum Gasteiger partial charge on any atom is 0.257 e. The molecule has 0 radical (unpaired) electrons. The van der Waals surface area contributed by atoms with Gasteiger partial charge in [0.05, 0.1) is 11.7 Å². The van der Waals surface area contributed by atoms with Gasteiger partial charge in [-0.1, -0.05) is 0 Å². The third-order valence-corrected chi connectivity index (χ3v) is 3.72. The number of nitrogens with zero attached hydrogens (tertiary/aromatic N) is 3. The molecule has 1 amide bonds. The number of rotatable bonds is 3. The van der Waals surface area contributed by atoms with Gasteiger partial charge in [0.15, 0.2) is 0 Å². The summed E-state index contributed by atoms with van der Waals surface area (Å²) in [7, 11) is 1.69. The molecule has 0 aromatic carbocycles. The van der Waals surface area contributed by atoms with Crippen LogP contribution in [-0.2, 0) is 12.6 Å². The number of nitrogen functional groups attached to an aromatic ring is 1. The van der Waals surface area contributed by atoms with E-state index in [0.29, 0.717) is 11.4 Å². The molecule has 2 rings (SSSR count). The first-order valence-corrected chi connectivity index (χ1v) is 6.30. The highest BCUT2D eigenvalue weighted by molar-refractivity contribution is 7.09. The Bertz CT molecular complexity index is 558. The van der Waals surface area contributed by atoms with Gasteiger partial charge < -0.3 is 11.1 Å². The summed E-state index contributed by atoms with van der Waals surface area (Å²) in [5.41, 5.74) is 5.61. The number of aromatic nitrogens is 3. The van der Waals surface area contributed by atoms with Gasteiger partial charge >= 0.3 is 0 Å². The average Bonchev–Trinajstić information content (AvgIpc) is 2.90. The van der Waals surface area contributed by atoms with Crippen molar-refractivity contribution >= 4 is 23.1 Å². The molecule has 0 aliphatic carbocycles. The van der Waals surface area contributed by atoms with E-state index in [9.17, 15) is 4.79 Å². The van der Waals surface area contributed by atoms with Gasteiger partial charge in [0.2, 0.25) is 0 Å². The number of nitrogens with two attached hydrogens (primary N) is 1. The van der Waals surface area contributed by atoms with Crippen molar-refractivity contribution in [3.8, 4) is 0 Å². The summed E-state index contributed by atoms with van der Waals surface area (Å²) in [5, 5.41) is 9.57. The molecule has 2 heterocycles. The molecule has 6 nitrogen and oxygen atoms in total. The first-order chi connectivity index (χ1) is 8.42. The van der Waals surface area contributed by atoms with E-state index in [-0.39, 0.29) is 5.91 Å². The van der Waals surface area contributed by atoms with E-state index >= 15 is 0 Å². The van der Waals surface area contributed by atoms with E-state index in [1.165, 1.54) is 22.2 Å². The zero-order valence-corrected chi connectivity index (χ0v) is 11.3. The van der Waals surface area contributed by atoms with Crippen molar-refractivity contribution in [2.45, 2.75) is 19.4 Å². The summed E-state index contributed by atoms with van der Waals surface area (Å²) in [4.78, 5) is 16.3. The first-order valence-electron chi connectivity index (χ1n) is 5.42. The second-order valence-electron chi connectivity index (χ2n) is 4.48. The summed E-state index contributed by atoms with van der Waals surface area (Å²) in [6.07, 6.45) is 3.18. The van der Waals surface area contributed by atoms with Gasteiger partial charge in [-0.15, -0.1) is 11.3 Å². The molecule has 18 heavy (non-hydrogen) atoms.